The van der Waals surface area contributed by atoms with Crippen LogP contribution in [0.15, 0.2) is 28.4 Å². The summed E-state index contributed by atoms with van der Waals surface area (Å²) in [5.41, 5.74) is 1.21. The van der Waals surface area contributed by atoms with Crippen molar-refractivity contribution < 1.29 is 14.0 Å². The van der Waals surface area contributed by atoms with Crippen molar-refractivity contribution in [1.29, 1.82) is 0 Å². The molecule has 1 unspecified atom stereocenters. The second kappa shape index (κ2) is 8.25. The van der Waals surface area contributed by atoms with Crippen molar-refractivity contribution >= 4 is 51.7 Å². The minimum absolute atomic E-state index is 0.0407. The van der Waals surface area contributed by atoms with Crippen molar-refractivity contribution in [2.24, 2.45) is 10.2 Å². The van der Waals surface area contributed by atoms with Gasteiger partial charge < -0.3 is 10.6 Å². The standard InChI is InChI=1S/C15H16ClFN4O2S/c1-3-8(2)20-21-15-19-14(23)12(24-15)7-13(22)18-9-4-5-11(17)10(16)6-9/h4-6,12H,3,7H2,1-2H3,(H,18,22)(H,19,21,23)/b20-8-. The van der Waals surface area contributed by atoms with Gasteiger partial charge in [-0.25, -0.2) is 4.39 Å². The third kappa shape index (κ3) is 5.04. The lowest BCUT2D eigenvalue weighted by Gasteiger charge is -2.08. The van der Waals surface area contributed by atoms with Gasteiger partial charge in [-0.05, 0) is 31.5 Å². The average molecular weight is 371 g/mol. The lowest BCUT2D eigenvalue weighted by Crippen LogP contribution is -2.28. The maximum atomic E-state index is 13.1. The summed E-state index contributed by atoms with van der Waals surface area (Å²) >= 11 is 6.81. The van der Waals surface area contributed by atoms with Crippen LogP contribution in [0.3, 0.4) is 0 Å². The summed E-state index contributed by atoms with van der Waals surface area (Å²) in [4.78, 5) is 23.9. The number of nitrogens with one attached hydrogen (secondary N) is 2. The first-order valence-corrected chi connectivity index (χ1v) is 8.48. The summed E-state index contributed by atoms with van der Waals surface area (Å²) in [6, 6.07) is 3.87. The predicted octanol–water partition coefficient (Wildman–Crippen LogP) is 3.18. The lowest BCUT2D eigenvalue weighted by atomic mass is 10.2. The molecule has 1 aromatic carbocycles. The number of amidine groups is 1. The molecule has 1 heterocycles. The van der Waals surface area contributed by atoms with Gasteiger partial charge in [-0.15, -0.1) is 5.10 Å². The van der Waals surface area contributed by atoms with Crippen LogP contribution in [-0.2, 0) is 9.59 Å². The first-order chi connectivity index (χ1) is 11.4. The van der Waals surface area contributed by atoms with E-state index < -0.39 is 11.1 Å². The summed E-state index contributed by atoms with van der Waals surface area (Å²) in [5, 5.41) is 12.8. The molecule has 0 spiro atoms. The van der Waals surface area contributed by atoms with E-state index in [2.05, 4.69) is 20.8 Å². The third-order valence-electron chi connectivity index (χ3n) is 3.17. The van der Waals surface area contributed by atoms with Gasteiger partial charge >= 0.3 is 0 Å². The first-order valence-electron chi connectivity index (χ1n) is 7.22. The van der Waals surface area contributed by atoms with Crippen LogP contribution in [0.5, 0.6) is 0 Å². The molecule has 24 heavy (non-hydrogen) atoms. The number of carbonyl (C=O) groups excluding carboxylic acids is 2. The SMILES string of the molecule is CC/C(C)=N\N=C1/NC(=O)C(CC(=O)Nc2ccc(F)c(Cl)c2)S1. The summed E-state index contributed by atoms with van der Waals surface area (Å²) in [6.45, 7) is 3.79. The highest BCUT2D eigenvalue weighted by Gasteiger charge is 2.32. The van der Waals surface area contributed by atoms with Gasteiger partial charge in [0.2, 0.25) is 11.8 Å². The van der Waals surface area contributed by atoms with Crippen LogP contribution in [0.1, 0.15) is 26.7 Å². The van der Waals surface area contributed by atoms with E-state index in [0.29, 0.717) is 10.9 Å². The molecule has 9 heteroatoms. The Kier molecular flexibility index (Phi) is 6.33. The maximum Gasteiger partial charge on any atom is 0.240 e. The van der Waals surface area contributed by atoms with Gasteiger partial charge in [-0.1, -0.05) is 30.3 Å². The van der Waals surface area contributed by atoms with E-state index in [-0.39, 0.29) is 23.3 Å². The first kappa shape index (κ1) is 18.4. The van der Waals surface area contributed by atoms with Crippen LogP contribution in [0, 0.1) is 5.82 Å². The number of halogens is 2. The highest BCUT2D eigenvalue weighted by molar-refractivity contribution is 8.15. The summed E-state index contributed by atoms with van der Waals surface area (Å²) in [6.07, 6.45) is 0.725. The number of rotatable bonds is 5. The normalized spacial score (nSPS) is 19.5. The molecule has 6 nitrogen and oxygen atoms in total. The van der Waals surface area contributed by atoms with Crippen molar-refractivity contribution in [2.45, 2.75) is 31.9 Å². The van der Waals surface area contributed by atoms with Crippen molar-refractivity contribution in [3.63, 3.8) is 0 Å². The number of nitrogens with zero attached hydrogens (tertiary/aromatic N) is 2. The van der Waals surface area contributed by atoms with Crippen LogP contribution in [0.2, 0.25) is 5.02 Å². The van der Waals surface area contributed by atoms with E-state index >= 15 is 0 Å². The fourth-order valence-electron chi connectivity index (χ4n) is 1.74. The zero-order valence-electron chi connectivity index (χ0n) is 13.1. The largest absolute Gasteiger partial charge is 0.326 e. The lowest BCUT2D eigenvalue weighted by molar-refractivity contribution is -0.122. The molecule has 1 atom stereocenters. The van der Waals surface area contributed by atoms with Crippen molar-refractivity contribution in [2.75, 3.05) is 5.32 Å². The van der Waals surface area contributed by atoms with Gasteiger partial charge in [-0.2, -0.15) is 5.10 Å². The van der Waals surface area contributed by atoms with Crippen molar-refractivity contribution in [3.05, 3.63) is 29.0 Å². The molecule has 128 valence electrons. The van der Waals surface area contributed by atoms with Crippen molar-refractivity contribution in [3.8, 4) is 0 Å². The Hall–Kier alpha value is -1.93. The Labute approximate surface area is 147 Å². The van der Waals surface area contributed by atoms with Crippen molar-refractivity contribution in [1.82, 2.24) is 5.32 Å². The molecule has 0 aliphatic carbocycles. The zero-order valence-corrected chi connectivity index (χ0v) is 14.7. The van der Waals surface area contributed by atoms with E-state index in [0.717, 1.165) is 30.0 Å². The number of carbonyl (C=O) groups is 2. The van der Waals surface area contributed by atoms with Gasteiger partial charge in [0.1, 0.15) is 11.1 Å². The third-order valence-corrected chi connectivity index (χ3v) is 4.54. The van der Waals surface area contributed by atoms with E-state index in [9.17, 15) is 14.0 Å². The Morgan fingerprint density at radius 1 is 1.50 bits per heavy atom. The average Bonchev–Trinajstić information content (AvgIpc) is 2.88. The molecule has 2 rings (SSSR count). The maximum absolute atomic E-state index is 13.1. The van der Waals surface area contributed by atoms with Gasteiger partial charge in [-0.3, -0.25) is 9.59 Å². The number of benzene rings is 1. The van der Waals surface area contributed by atoms with Crippen LogP contribution in [0.25, 0.3) is 0 Å². The summed E-state index contributed by atoms with van der Waals surface area (Å²) < 4.78 is 13.1. The van der Waals surface area contributed by atoms with Gasteiger partial charge in [0.05, 0.1) is 5.02 Å². The smallest absolute Gasteiger partial charge is 0.240 e. The van der Waals surface area contributed by atoms with E-state index in [1.807, 2.05) is 13.8 Å². The fourth-order valence-corrected chi connectivity index (χ4v) is 2.84. The number of hydrogen-bond acceptors (Lipinski definition) is 5. The van der Waals surface area contributed by atoms with Gasteiger partial charge in [0.25, 0.3) is 0 Å². The Balaban J connectivity index is 1.94. The Morgan fingerprint density at radius 3 is 2.92 bits per heavy atom. The number of thioether (sulfide) groups is 1. The Morgan fingerprint density at radius 2 is 2.25 bits per heavy atom. The van der Waals surface area contributed by atoms with Crippen LogP contribution < -0.4 is 10.6 Å². The minimum atomic E-state index is -0.586. The van der Waals surface area contributed by atoms with Crippen LogP contribution in [0.4, 0.5) is 10.1 Å². The predicted molar refractivity (Wildman–Crippen MR) is 95.0 cm³/mol. The molecule has 1 saturated heterocycles. The van der Waals surface area contributed by atoms with E-state index in [1.54, 1.807) is 0 Å². The molecule has 1 aliphatic rings. The van der Waals surface area contributed by atoms with Gasteiger partial charge in [0.15, 0.2) is 5.17 Å². The summed E-state index contributed by atoms with van der Waals surface area (Å²) in [7, 11) is 0. The molecule has 0 radical (unpaired) electrons. The molecular formula is C15H16ClFN4O2S. The quantitative estimate of drug-likeness (QED) is 0.616. The number of hydrogen-bond donors (Lipinski definition) is 2. The van der Waals surface area contributed by atoms with Gasteiger partial charge in [0, 0.05) is 17.8 Å². The summed E-state index contributed by atoms with van der Waals surface area (Å²) in [5.74, 6) is -1.24. The Bertz CT molecular complexity index is 723. The second-order valence-corrected chi connectivity index (χ2v) is 6.67. The monoisotopic (exact) mass is 370 g/mol. The minimum Gasteiger partial charge on any atom is -0.326 e. The van der Waals surface area contributed by atoms with E-state index in [4.69, 9.17) is 11.6 Å². The molecular weight excluding hydrogens is 355 g/mol. The fraction of sp³-hybridized carbons (Fsp3) is 0.333. The molecule has 2 amide bonds. The molecule has 2 N–H and O–H groups in total. The molecule has 0 bridgehead atoms. The molecule has 1 aliphatic heterocycles. The number of amides is 2. The molecule has 0 saturated carbocycles. The molecule has 0 aromatic heterocycles. The van der Waals surface area contributed by atoms with E-state index in [1.165, 1.54) is 12.1 Å². The molecule has 1 fully saturated rings. The topological polar surface area (TPSA) is 82.9 Å². The van der Waals surface area contributed by atoms with Crippen LogP contribution >= 0.6 is 23.4 Å². The number of anilines is 1. The molecule has 1 aromatic rings. The zero-order chi connectivity index (χ0) is 17.7. The highest BCUT2D eigenvalue weighted by atomic mass is 35.5. The second-order valence-electron chi connectivity index (χ2n) is 5.07. The van der Waals surface area contributed by atoms with Crippen LogP contribution in [-0.4, -0.2) is 27.9 Å². The highest BCUT2D eigenvalue weighted by Crippen LogP contribution is 2.24.